The van der Waals surface area contributed by atoms with Crippen LogP contribution >= 0.6 is 34.8 Å². The second-order valence-corrected chi connectivity index (χ2v) is 6.31. The van der Waals surface area contributed by atoms with Crippen molar-refractivity contribution in [1.82, 2.24) is 15.0 Å². The number of rotatable bonds is 5. The first kappa shape index (κ1) is 17.0. The summed E-state index contributed by atoms with van der Waals surface area (Å²) in [5.74, 6) is 0.756. The van der Waals surface area contributed by atoms with Gasteiger partial charge < -0.3 is 5.32 Å². The summed E-state index contributed by atoms with van der Waals surface area (Å²) in [7, 11) is 0. The summed E-state index contributed by atoms with van der Waals surface area (Å²) < 4.78 is 0. The molecule has 0 aromatic carbocycles. The fourth-order valence-corrected chi connectivity index (χ4v) is 2.57. The molecule has 24 heavy (non-hydrogen) atoms. The van der Waals surface area contributed by atoms with E-state index in [0.717, 1.165) is 22.5 Å². The quantitative estimate of drug-likeness (QED) is 0.494. The molecule has 0 saturated carbocycles. The molecule has 0 bridgehead atoms. The molecule has 122 valence electrons. The molecule has 1 unspecified atom stereocenters. The Bertz CT molecular complexity index is 790. The minimum Gasteiger partial charge on any atom is -0.366 e. The maximum absolute atomic E-state index is 6.46. The molecule has 0 aliphatic carbocycles. The molecular weight excluding hydrogens is 367 g/mol. The monoisotopic (exact) mass is 378 g/mol. The van der Waals surface area contributed by atoms with Crippen LogP contribution in [-0.2, 0) is 6.54 Å². The molecule has 0 aliphatic rings. The molecule has 3 aromatic heterocycles. The highest BCUT2D eigenvalue weighted by Gasteiger charge is 2.11. The molecule has 0 saturated heterocycles. The first-order valence-electron chi connectivity index (χ1n) is 7.17. The van der Waals surface area contributed by atoms with Gasteiger partial charge in [0.2, 0.25) is 0 Å². The highest BCUT2D eigenvalue weighted by atomic mass is 35.5. The van der Waals surface area contributed by atoms with Gasteiger partial charge in [-0.05, 0) is 34.9 Å². The Hall–Kier alpha value is -1.88. The summed E-state index contributed by atoms with van der Waals surface area (Å²) >= 11 is 18.0. The third-order valence-electron chi connectivity index (χ3n) is 3.38. The van der Waals surface area contributed by atoms with Crippen LogP contribution in [0.2, 0.25) is 10.3 Å². The summed E-state index contributed by atoms with van der Waals surface area (Å²) in [6, 6.07) is 11.1. The van der Waals surface area contributed by atoms with E-state index < -0.39 is 0 Å². The Morgan fingerprint density at radius 3 is 1.96 bits per heavy atom. The van der Waals surface area contributed by atoms with Gasteiger partial charge >= 0.3 is 0 Å². The fraction of sp³-hybridized carbons (Fsp3) is 0.118. The van der Waals surface area contributed by atoms with E-state index in [1.165, 1.54) is 0 Å². The van der Waals surface area contributed by atoms with Crippen LogP contribution in [0.15, 0.2) is 55.0 Å². The van der Waals surface area contributed by atoms with Crippen molar-refractivity contribution in [3.63, 3.8) is 0 Å². The van der Waals surface area contributed by atoms with Gasteiger partial charge in [-0.15, -0.1) is 11.6 Å². The normalized spacial score (nSPS) is 12.0. The molecule has 3 aromatic rings. The Morgan fingerprint density at radius 1 is 0.792 bits per heavy atom. The number of hydrogen-bond donors (Lipinski definition) is 1. The van der Waals surface area contributed by atoms with Crippen LogP contribution in [-0.4, -0.2) is 15.0 Å². The molecule has 0 fully saturated rings. The van der Waals surface area contributed by atoms with Crippen molar-refractivity contribution in [2.75, 3.05) is 5.32 Å². The minimum absolute atomic E-state index is 0.322. The molecule has 0 aliphatic heterocycles. The van der Waals surface area contributed by atoms with Gasteiger partial charge in [0.25, 0.3) is 0 Å². The van der Waals surface area contributed by atoms with Crippen LogP contribution in [0.25, 0.3) is 0 Å². The Morgan fingerprint density at radius 2 is 1.42 bits per heavy atom. The van der Waals surface area contributed by atoms with E-state index in [0.29, 0.717) is 16.9 Å². The van der Waals surface area contributed by atoms with Gasteiger partial charge in [0, 0.05) is 25.1 Å². The average molecular weight is 380 g/mol. The first-order valence-corrected chi connectivity index (χ1v) is 8.37. The van der Waals surface area contributed by atoms with E-state index >= 15 is 0 Å². The third kappa shape index (κ3) is 4.35. The van der Waals surface area contributed by atoms with Gasteiger partial charge in [-0.3, -0.25) is 0 Å². The Labute approximate surface area is 154 Å². The minimum atomic E-state index is -0.322. The fourth-order valence-electron chi connectivity index (χ4n) is 2.09. The molecule has 0 radical (unpaired) electrons. The van der Waals surface area contributed by atoms with Crippen molar-refractivity contribution in [3.05, 3.63) is 82.0 Å². The van der Waals surface area contributed by atoms with E-state index in [1.54, 1.807) is 30.7 Å². The van der Waals surface area contributed by atoms with Gasteiger partial charge in [0.1, 0.15) is 16.1 Å². The van der Waals surface area contributed by atoms with E-state index in [1.807, 2.05) is 24.3 Å². The number of halogens is 3. The molecule has 7 heteroatoms. The van der Waals surface area contributed by atoms with Gasteiger partial charge in [0.15, 0.2) is 0 Å². The molecule has 1 atom stereocenters. The third-order valence-corrected chi connectivity index (χ3v) is 4.34. The van der Waals surface area contributed by atoms with Crippen LogP contribution < -0.4 is 5.32 Å². The van der Waals surface area contributed by atoms with Crippen molar-refractivity contribution in [1.29, 1.82) is 0 Å². The molecule has 0 amide bonds. The average Bonchev–Trinajstić information content (AvgIpc) is 2.62. The van der Waals surface area contributed by atoms with Crippen LogP contribution in [0.3, 0.4) is 0 Å². The highest BCUT2D eigenvalue weighted by Crippen LogP contribution is 2.28. The van der Waals surface area contributed by atoms with Crippen LogP contribution in [0.1, 0.15) is 22.1 Å². The molecule has 3 heterocycles. The lowest BCUT2D eigenvalue weighted by atomic mass is 10.1. The zero-order chi connectivity index (χ0) is 16.9. The molecular formula is C17H13Cl3N4. The number of nitrogens with one attached hydrogen (secondary N) is 1. The Balaban J connectivity index is 1.64. The first-order chi connectivity index (χ1) is 11.6. The summed E-state index contributed by atoms with van der Waals surface area (Å²) in [6.07, 6.45) is 5.14. The molecule has 0 spiro atoms. The molecule has 3 rings (SSSR count). The van der Waals surface area contributed by atoms with Gasteiger partial charge in [0.05, 0.1) is 5.38 Å². The maximum atomic E-state index is 6.46. The van der Waals surface area contributed by atoms with E-state index in [9.17, 15) is 0 Å². The maximum Gasteiger partial charge on any atom is 0.129 e. The van der Waals surface area contributed by atoms with E-state index in [-0.39, 0.29) is 5.38 Å². The number of aromatic nitrogens is 3. The summed E-state index contributed by atoms with van der Waals surface area (Å²) in [6.45, 7) is 0.613. The second kappa shape index (κ2) is 7.79. The predicted molar refractivity (Wildman–Crippen MR) is 97.8 cm³/mol. The number of alkyl halides is 1. The lowest BCUT2D eigenvalue weighted by molar-refractivity contribution is 1.05. The van der Waals surface area contributed by atoms with Crippen molar-refractivity contribution in [2.45, 2.75) is 11.9 Å². The standard InChI is InChI=1S/C17H13Cl3N4/c18-14-4-1-11(7-21-14)8-23-16-6-3-13(10-24-16)17(20)12-2-5-15(19)22-9-12/h1-7,9-10,17H,8H2,(H,23,24). The summed E-state index contributed by atoms with van der Waals surface area (Å²) in [4.78, 5) is 12.5. The van der Waals surface area contributed by atoms with E-state index in [2.05, 4.69) is 20.3 Å². The lowest BCUT2D eigenvalue weighted by Crippen LogP contribution is -2.02. The van der Waals surface area contributed by atoms with Crippen LogP contribution in [0, 0.1) is 0 Å². The molecule has 4 nitrogen and oxygen atoms in total. The Kier molecular flexibility index (Phi) is 5.51. The van der Waals surface area contributed by atoms with Gasteiger partial charge in [-0.2, -0.15) is 0 Å². The SMILES string of the molecule is Clc1ccc(CNc2ccc(C(Cl)c3ccc(Cl)nc3)cn2)cn1. The zero-order valence-corrected chi connectivity index (χ0v) is 14.7. The number of nitrogens with zero attached hydrogens (tertiary/aromatic N) is 3. The van der Waals surface area contributed by atoms with E-state index in [4.69, 9.17) is 34.8 Å². The topological polar surface area (TPSA) is 50.7 Å². The smallest absolute Gasteiger partial charge is 0.129 e. The van der Waals surface area contributed by atoms with Gasteiger partial charge in [-0.25, -0.2) is 15.0 Å². The highest BCUT2D eigenvalue weighted by molar-refractivity contribution is 6.29. The predicted octanol–water partition coefficient (Wildman–Crippen LogP) is 5.12. The van der Waals surface area contributed by atoms with Crippen molar-refractivity contribution >= 4 is 40.6 Å². The van der Waals surface area contributed by atoms with Crippen molar-refractivity contribution in [3.8, 4) is 0 Å². The number of hydrogen-bond acceptors (Lipinski definition) is 4. The summed E-state index contributed by atoms with van der Waals surface area (Å²) in [5.41, 5.74) is 2.78. The largest absolute Gasteiger partial charge is 0.366 e. The lowest BCUT2D eigenvalue weighted by Gasteiger charge is -2.11. The number of pyridine rings is 3. The van der Waals surface area contributed by atoms with Crippen molar-refractivity contribution in [2.24, 2.45) is 0 Å². The number of anilines is 1. The van der Waals surface area contributed by atoms with Crippen molar-refractivity contribution < 1.29 is 0 Å². The second-order valence-electron chi connectivity index (χ2n) is 5.10. The van der Waals surface area contributed by atoms with Gasteiger partial charge in [-0.1, -0.05) is 41.4 Å². The van der Waals surface area contributed by atoms with Crippen LogP contribution in [0.5, 0.6) is 0 Å². The summed E-state index contributed by atoms with van der Waals surface area (Å²) in [5, 5.41) is 3.82. The molecule has 1 N–H and O–H groups in total. The zero-order valence-electron chi connectivity index (χ0n) is 12.5. The van der Waals surface area contributed by atoms with Crippen LogP contribution in [0.4, 0.5) is 5.82 Å².